The minimum Gasteiger partial charge on any atom is -0.475 e. The lowest BCUT2D eigenvalue weighted by molar-refractivity contribution is -0.192. The summed E-state index contributed by atoms with van der Waals surface area (Å²) in [4.78, 5) is 24.5. The van der Waals surface area contributed by atoms with Gasteiger partial charge in [0.15, 0.2) is 0 Å². The molecule has 3 N–H and O–H groups in total. The molecular weight excluding hydrogens is 455 g/mol. The Labute approximate surface area is 185 Å². The summed E-state index contributed by atoms with van der Waals surface area (Å²) in [7, 11) is 0. The van der Waals surface area contributed by atoms with Crippen molar-refractivity contribution in [2.75, 3.05) is 18.8 Å². The third kappa shape index (κ3) is 7.82. The van der Waals surface area contributed by atoms with Crippen LogP contribution in [0, 0.1) is 5.92 Å². The quantitative estimate of drug-likeness (QED) is 0.612. The van der Waals surface area contributed by atoms with E-state index < -0.39 is 12.1 Å². The fraction of sp³-hybridized carbons (Fsp3) is 0.556. The first-order chi connectivity index (χ1) is 14.6. The Morgan fingerprint density at radius 1 is 1.39 bits per heavy atom. The summed E-state index contributed by atoms with van der Waals surface area (Å²) in [6.07, 6.45) is -1.03. The Morgan fingerprint density at radius 2 is 2.10 bits per heavy atom. The van der Waals surface area contributed by atoms with Crippen LogP contribution in [0.3, 0.4) is 0 Å². The number of thioether (sulfide) groups is 1. The van der Waals surface area contributed by atoms with Crippen molar-refractivity contribution in [3.05, 3.63) is 28.9 Å². The molecule has 3 heterocycles. The Bertz CT molecular complexity index is 872. The molecule has 1 fully saturated rings. The number of hydrogen-bond donors (Lipinski definition) is 2. The SMILES string of the molecule is CCSc1ccc(C(=O)N2CCCC(Cn3cc(CN)nn3)C2)s1.O=C(O)C(F)(F)F. The summed E-state index contributed by atoms with van der Waals surface area (Å²) in [5, 5.41) is 15.3. The van der Waals surface area contributed by atoms with Gasteiger partial charge in [-0.1, -0.05) is 12.1 Å². The summed E-state index contributed by atoms with van der Waals surface area (Å²) in [6.45, 7) is 4.95. The lowest BCUT2D eigenvalue weighted by Gasteiger charge is -2.32. The fourth-order valence-electron chi connectivity index (χ4n) is 3.00. The number of halogens is 3. The molecule has 0 aliphatic carbocycles. The lowest BCUT2D eigenvalue weighted by Crippen LogP contribution is -2.40. The van der Waals surface area contributed by atoms with E-state index in [1.54, 1.807) is 23.1 Å². The van der Waals surface area contributed by atoms with Crippen LogP contribution >= 0.6 is 23.1 Å². The summed E-state index contributed by atoms with van der Waals surface area (Å²) < 4.78 is 34.8. The van der Waals surface area contributed by atoms with Crippen LogP contribution in [-0.4, -0.2) is 61.9 Å². The van der Waals surface area contributed by atoms with Crippen molar-refractivity contribution in [1.29, 1.82) is 0 Å². The maximum Gasteiger partial charge on any atom is 0.490 e. The predicted octanol–water partition coefficient (Wildman–Crippen LogP) is 3.10. The predicted molar refractivity (Wildman–Crippen MR) is 111 cm³/mol. The Kier molecular flexibility index (Phi) is 9.32. The maximum absolute atomic E-state index is 12.7. The molecule has 0 radical (unpaired) electrons. The Hall–Kier alpha value is -2.12. The van der Waals surface area contributed by atoms with E-state index in [4.69, 9.17) is 15.6 Å². The van der Waals surface area contributed by atoms with Gasteiger partial charge in [0, 0.05) is 32.4 Å². The van der Waals surface area contributed by atoms with Crippen LogP contribution in [0.1, 0.15) is 35.1 Å². The smallest absolute Gasteiger partial charge is 0.475 e. The first-order valence-corrected chi connectivity index (χ1v) is 11.3. The van der Waals surface area contributed by atoms with Gasteiger partial charge in [-0.15, -0.1) is 28.2 Å². The first kappa shape index (κ1) is 25.1. The molecule has 31 heavy (non-hydrogen) atoms. The van der Waals surface area contributed by atoms with E-state index in [2.05, 4.69) is 23.3 Å². The number of piperidine rings is 1. The molecule has 0 bridgehead atoms. The number of aliphatic carboxylic acids is 1. The van der Waals surface area contributed by atoms with Crippen molar-refractivity contribution in [3.8, 4) is 0 Å². The molecular formula is C18H24F3N5O3S2. The summed E-state index contributed by atoms with van der Waals surface area (Å²) in [5.41, 5.74) is 6.38. The van der Waals surface area contributed by atoms with Crippen LogP contribution < -0.4 is 5.73 Å². The fourth-order valence-corrected chi connectivity index (χ4v) is 5.01. The number of amides is 1. The third-order valence-electron chi connectivity index (χ3n) is 4.37. The first-order valence-electron chi connectivity index (χ1n) is 9.55. The van der Waals surface area contributed by atoms with Gasteiger partial charge >= 0.3 is 12.1 Å². The molecule has 1 amide bonds. The number of thiophene rings is 1. The highest BCUT2D eigenvalue weighted by Crippen LogP contribution is 2.29. The average molecular weight is 480 g/mol. The van der Waals surface area contributed by atoms with Gasteiger partial charge < -0.3 is 15.7 Å². The highest BCUT2D eigenvalue weighted by Gasteiger charge is 2.38. The van der Waals surface area contributed by atoms with Crippen molar-refractivity contribution in [3.63, 3.8) is 0 Å². The minimum atomic E-state index is -5.08. The van der Waals surface area contributed by atoms with E-state index >= 15 is 0 Å². The van der Waals surface area contributed by atoms with Crippen LogP contribution in [0.4, 0.5) is 13.2 Å². The molecule has 1 saturated heterocycles. The zero-order valence-electron chi connectivity index (χ0n) is 16.8. The van der Waals surface area contributed by atoms with Crippen LogP contribution in [-0.2, 0) is 17.9 Å². The number of nitrogens with zero attached hydrogens (tertiary/aromatic N) is 4. The van der Waals surface area contributed by atoms with Crippen LogP contribution in [0.15, 0.2) is 22.5 Å². The second-order valence-corrected chi connectivity index (χ2v) is 9.40. The summed E-state index contributed by atoms with van der Waals surface area (Å²) >= 11 is 3.39. The molecule has 1 unspecified atom stereocenters. The van der Waals surface area contributed by atoms with Crippen molar-refractivity contribution in [2.45, 2.75) is 43.2 Å². The van der Waals surface area contributed by atoms with Gasteiger partial charge in [-0.2, -0.15) is 13.2 Å². The third-order valence-corrected chi connectivity index (χ3v) is 6.55. The molecule has 13 heteroatoms. The zero-order chi connectivity index (χ0) is 23.0. The lowest BCUT2D eigenvalue weighted by atomic mass is 9.98. The molecule has 3 rings (SSSR count). The van der Waals surface area contributed by atoms with Crippen molar-refractivity contribution < 1.29 is 27.9 Å². The Balaban J connectivity index is 0.000000423. The summed E-state index contributed by atoms with van der Waals surface area (Å²) in [5.74, 6) is -1.15. The zero-order valence-corrected chi connectivity index (χ0v) is 18.5. The number of rotatable bonds is 6. The van der Waals surface area contributed by atoms with E-state index in [-0.39, 0.29) is 5.91 Å². The van der Waals surface area contributed by atoms with Gasteiger partial charge in [-0.3, -0.25) is 9.48 Å². The number of carbonyl (C=O) groups is 2. The number of aromatic nitrogens is 3. The number of alkyl halides is 3. The molecule has 0 spiro atoms. The molecule has 1 aliphatic rings. The van der Waals surface area contributed by atoms with E-state index in [0.717, 1.165) is 48.8 Å². The number of hydrogen-bond acceptors (Lipinski definition) is 7. The van der Waals surface area contributed by atoms with Crippen LogP contribution in [0.25, 0.3) is 0 Å². The van der Waals surface area contributed by atoms with Crippen molar-refractivity contribution >= 4 is 35.0 Å². The number of carbonyl (C=O) groups excluding carboxylic acids is 1. The van der Waals surface area contributed by atoms with Crippen molar-refractivity contribution in [2.24, 2.45) is 11.7 Å². The van der Waals surface area contributed by atoms with Gasteiger partial charge in [0.2, 0.25) is 0 Å². The van der Waals surface area contributed by atoms with Crippen molar-refractivity contribution in [1.82, 2.24) is 19.9 Å². The molecule has 1 atom stereocenters. The number of carboxylic acids is 1. The van der Waals surface area contributed by atoms with Gasteiger partial charge in [-0.25, -0.2) is 4.79 Å². The molecule has 8 nitrogen and oxygen atoms in total. The summed E-state index contributed by atoms with van der Waals surface area (Å²) in [6, 6.07) is 4.01. The second-order valence-electron chi connectivity index (χ2n) is 6.75. The van der Waals surface area contributed by atoms with E-state index in [1.165, 1.54) is 4.21 Å². The van der Waals surface area contributed by atoms with Gasteiger partial charge in [0.25, 0.3) is 5.91 Å². The van der Waals surface area contributed by atoms with E-state index in [9.17, 15) is 18.0 Å². The monoisotopic (exact) mass is 479 g/mol. The number of likely N-dealkylation sites (tertiary alicyclic amines) is 1. The topological polar surface area (TPSA) is 114 Å². The second kappa shape index (κ2) is 11.5. The molecule has 0 aromatic carbocycles. The van der Waals surface area contributed by atoms with Gasteiger partial charge in [-0.05, 0) is 36.6 Å². The van der Waals surface area contributed by atoms with E-state index in [1.807, 2.05) is 21.8 Å². The average Bonchev–Trinajstić information content (AvgIpc) is 3.37. The normalized spacial score (nSPS) is 16.5. The maximum atomic E-state index is 12.7. The van der Waals surface area contributed by atoms with Crippen LogP contribution in [0.5, 0.6) is 0 Å². The molecule has 0 saturated carbocycles. The number of carboxylic acid groups (broad SMARTS) is 1. The molecule has 2 aromatic heterocycles. The standard InChI is InChI=1S/C16H23N5OS2.C2HF3O2/c1-2-23-15-6-5-14(24-15)16(22)20-7-3-4-12(9-20)10-21-11-13(8-17)18-19-21;3-2(4,5)1(6)7/h5-6,11-12H,2-4,7-10,17H2,1H3;(H,6,7). The van der Waals surface area contributed by atoms with Gasteiger partial charge in [0.05, 0.1) is 14.8 Å². The largest absolute Gasteiger partial charge is 0.490 e. The highest BCUT2D eigenvalue weighted by atomic mass is 32.2. The highest BCUT2D eigenvalue weighted by molar-refractivity contribution is 8.01. The molecule has 2 aromatic rings. The van der Waals surface area contributed by atoms with E-state index in [0.29, 0.717) is 12.5 Å². The number of nitrogens with two attached hydrogens (primary N) is 1. The molecule has 172 valence electrons. The van der Waals surface area contributed by atoms with Gasteiger partial charge in [0.1, 0.15) is 0 Å². The molecule has 1 aliphatic heterocycles. The minimum absolute atomic E-state index is 0.161. The Morgan fingerprint density at radius 3 is 2.68 bits per heavy atom. The van der Waals surface area contributed by atoms with Crippen LogP contribution in [0.2, 0.25) is 0 Å².